The summed E-state index contributed by atoms with van der Waals surface area (Å²) in [5, 5.41) is 7.97. The van der Waals surface area contributed by atoms with Gasteiger partial charge in [0.1, 0.15) is 0 Å². The van der Waals surface area contributed by atoms with Crippen molar-refractivity contribution in [3.63, 3.8) is 0 Å². The lowest BCUT2D eigenvalue weighted by molar-refractivity contribution is -0.114. The number of amides is 5. The molecular formula is C23H24N4O5. The molecule has 9 nitrogen and oxygen atoms in total. The third kappa shape index (κ3) is 4.83. The molecule has 3 N–H and O–H groups in total. The number of fused-ring (bicyclic) bond motifs is 1. The van der Waals surface area contributed by atoms with Crippen LogP contribution in [0.15, 0.2) is 42.5 Å². The van der Waals surface area contributed by atoms with E-state index in [0.29, 0.717) is 11.3 Å². The average molecular weight is 436 g/mol. The van der Waals surface area contributed by atoms with E-state index in [9.17, 15) is 24.0 Å². The molecule has 0 bridgehead atoms. The second kappa shape index (κ2) is 9.42. The Morgan fingerprint density at radius 1 is 0.844 bits per heavy atom. The summed E-state index contributed by atoms with van der Waals surface area (Å²) in [6, 6.07) is 10.6. The molecule has 5 amide bonds. The molecule has 0 aliphatic carbocycles. The largest absolute Gasteiger partial charge is 0.350 e. The van der Waals surface area contributed by atoms with Gasteiger partial charge in [-0.05, 0) is 50.2 Å². The summed E-state index contributed by atoms with van der Waals surface area (Å²) in [5.41, 5.74) is 1.64. The first kappa shape index (κ1) is 22.7. The smallest absolute Gasteiger partial charge is 0.261 e. The van der Waals surface area contributed by atoms with Crippen molar-refractivity contribution in [3.05, 3.63) is 64.7 Å². The summed E-state index contributed by atoms with van der Waals surface area (Å²) in [6.45, 7) is 5.22. The van der Waals surface area contributed by atoms with Crippen molar-refractivity contribution in [2.75, 3.05) is 18.4 Å². The number of benzene rings is 2. The standard InChI is InChI=1S/C23H24N4O5/c1-13(2)27-22(31)18-8-7-16(12-19(18)23(27)32)21(30)25-10-9-24-20(29)15-5-4-6-17(11-15)26-14(3)28/h4-8,11-13H,9-10H2,1-3H3,(H,24,29)(H,25,30)(H,26,28). The molecule has 0 radical (unpaired) electrons. The summed E-state index contributed by atoms with van der Waals surface area (Å²) >= 11 is 0. The van der Waals surface area contributed by atoms with Gasteiger partial charge in [0.2, 0.25) is 5.91 Å². The van der Waals surface area contributed by atoms with Crippen molar-refractivity contribution < 1.29 is 24.0 Å². The second-order valence-electron chi connectivity index (χ2n) is 7.61. The predicted octanol–water partition coefficient (Wildman–Crippen LogP) is 1.81. The van der Waals surface area contributed by atoms with Gasteiger partial charge in [0.05, 0.1) is 11.1 Å². The highest BCUT2D eigenvalue weighted by molar-refractivity contribution is 6.22. The third-order valence-corrected chi connectivity index (χ3v) is 4.84. The summed E-state index contributed by atoms with van der Waals surface area (Å²) in [5.74, 6) is -1.78. The first-order chi connectivity index (χ1) is 15.2. The van der Waals surface area contributed by atoms with Crippen molar-refractivity contribution in [1.29, 1.82) is 0 Å². The average Bonchev–Trinajstić information content (AvgIpc) is 3.00. The van der Waals surface area contributed by atoms with Crippen molar-refractivity contribution in [2.45, 2.75) is 26.8 Å². The van der Waals surface area contributed by atoms with Crippen LogP contribution >= 0.6 is 0 Å². The van der Waals surface area contributed by atoms with E-state index >= 15 is 0 Å². The van der Waals surface area contributed by atoms with Crippen molar-refractivity contribution in [2.24, 2.45) is 0 Å². The maximum atomic E-state index is 12.5. The number of carbonyl (C=O) groups is 5. The van der Waals surface area contributed by atoms with Gasteiger partial charge in [0.15, 0.2) is 0 Å². The number of imide groups is 1. The number of hydrogen-bond donors (Lipinski definition) is 3. The third-order valence-electron chi connectivity index (χ3n) is 4.84. The van der Waals surface area contributed by atoms with Gasteiger partial charge in [-0.25, -0.2) is 0 Å². The zero-order valence-corrected chi connectivity index (χ0v) is 18.0. The minimum Gasteiger partial charge on any atom is -0.350 e. The van der Waals surface area contributed by atoms with Crippen LogP contribution in [-0.4, -0.2) is 53.6 Å². The number of carbonyl (C=O) groups excluding carboxylic acids is 5. The molecule has 0 saturated heterocycles. The highest BCUT2D eigenvalue weighted by Crippen LogP contribution is 2.25. The van der Waals surface area contributed by atoms with Crippen LogP contribution in [0, 0.1) is 0 Å². The van der Waals surface area contributed by atoms with E-state index in [2.05, 4.69) is 16.0 Å². The molecule has 0 spiro atoms. The lowest BCUT2D eigenvalue weighted by Crippen LogP contribution is -2.36. The topological polar surface area (TPSA) is 125 Å². The quantitative estimate of drug-likeness (QED) is 0.451. The van der Waals surface area contributed by atoms with E-state index in [0.717, 1.165) is 0 Å². The summed E-state index contributed by atoms with van der Waals surface area (Å²) < 4.78 is 0. The van der Waals surface area contributed by atoms with E-state index in [1.807, 2.05) is 0 Å². The number of hydrogen-bond acceptors (Lipinski definition) is 5. The highest BCUT2D eigenvalue weighted by atomic mass is 16.2. The van der Waals surface area contributed by atoms with Gasteiger partial charge in [-0.3, -0.25) is 28.9 Å². The Kier molecular flexibility index (Phi) is 6.67. The summed E-state index contributed by atoms with van der Waals surface area (Å²) in [4.78, 5) is 61.8. The number of anilines is 1. The van der Waals surface area contributed by atoms with Gasteiger partial charge >= 0.3 is 0 Å². The fraction of sp³-hybridized carbons (Fsp3) is 0.261. The van der Waals surface area contributed by atoms with E-state index in [1.165, 1.54) is 30.0 Å². The molecule has 0 atom stereocenters. The molecule has 2 aromatic carbocycles. The van der Waals surface area contributed by atoms with E-state index in [4.69, 9.17) is 0 Å². The molecule has 0 saturated carbocycles. The zero-order chi connectivity index (χ0) is 23.4. The number of nitrogens with zero attached hydrogens (tertiary/aromatic N) is 1. The van der Waals surface area contributed by atoms with Gasteiger partial charge in [-0.2, -0.15) is 0 Å². The molecule has 2 aromatic rings. The monoisotopic (exact) mass is 436 g/mol. The van der Waals surface area contributed by atoms with Crippen LogP contribution in [0.25, 0.3) is 0 Å². The maximum Gasteiger partial charge on any atom is 0.261 e. The molecule has 1 aliphatic rings. The highest BCUT2D eigenvalue weighted by Gasteiger charge is 2.37. The normalized spacial score (nSPS) is 12.6. The number of nitrogens with one attached hydrogen (secondary N) is 3. The molecule has 0 aromatic heterocycles. The molecule has 0 fully saturated rings. The fourth-order valence-electron chi connectivity index (χ4n) is 3.37. The molecule has 1 heterocycles. The van der Waals surface area contributed by atoms with Crippen LogP contribution in [0.1, 0.15) is 62.2 Å². The van der Waals surface area contributed by atoms with E-state index in [-0.39, 0.29) is 53.5 Å². The number of rotatable bonds is 7. The van der Waals surface area contributed by atoms with Gasteiger partial charge in [-0.1, -0.05) is 6.07 Å². The summed E-state index contributed by atoms with van der Waals surface area (Å²) in [6.07, 6.45) is 0. The molecule has 9 heteroatoms. The first-order valence-electron chi connectivity index (χ1n) is 10.1. The Labute approximate surface area is 185 Å². The van der Waals surface area contributed by atoms with Crippen molar-refractivity contribution in [1.82, 2.24) is 15.5 Å². The fourth-order valence-corrected chi connectivity index (χ4v) is 3.37. The Balaban J connectivity index is 1.54. The SMILES string of the molecule is CC(=O)Nc1cccc(C(=O)NCCNC(=O)c2ccc3c(c2)C(=O)N(C(C)C)C3=O)c1. The second-order valence-corrected chi connectivity index (χ2v) is 7.61. The Morgan fingerprint density at radius 2 is 1.44 bits per heavy atom. The van der Waals surface area contributed by atoms with Gasteiger partial charge < -0.3 is 16.0 Å². The lowest BCUT2D eigenvalue weighted by atomic mass is 10.1. The molecule has 1 aliphatic heterocycles. The lowest BCUT2D eigenvalue weighted by Gasteiger charge is -2.17. The molecule has 32 heavy (non-hydrogen) atoms. The van der Waals surface area contributed by atoms with Gasteiger partial charge in [-0.15, -0.1) is 0 Å². The molecule has 166 valence electrons. The Morgan fingerprint density at radius 3 is 2.03 bits per heavy atom. The Bertz CT molecular complexity index is 1110. The summed E-state index contributed by atoms with van der Waals surface area (Å²) in [7, 11) is 0. The predicted molar refractivity (Wildman–Crippen MR) is 117 cm³/mol. The first-order valence-corrected chi connectivity index (χ1v) is 10.1. The maximum absolute atomic E-state index is 12.5. The van der Waals surface area contributed by atoms with Crippen LogP contribution in [0.2, 0.25) is 0 Å². The van der Waals surface area contributed by atoms with Crippen LogP contribution in [-0.2, 0) is 4.79 Å². The van der Waals surface area contributed by atoms with Gasteiger partial charge in [0, 0.05) is 42.9 Å². The molecule has 3 rings (SSSR count). The Hall–Kier alpha value is -4.01. The van der Waals surface area contributed by atoms with Crippen molar-refractivity contribution >= 4 is 35.2 Å². The van der Waals surface area contributed by atoms with E-state index < -0.39 is 11.8 Å². The van der Waals surface area contributed by atoms with E-state index in [1.54, 1.807) is 38.1 Å². The van der Waals surface area contributed by atoms with Crippen molar-refractivity contribution in [3.8, 4) is 0 Å². The molecule has 0 unspecified atom stereocenters. The van der Waals surface area contributed by atoms with Crippen LogP contribution in [0.3, 0.4) is 0 Å². The van der Waals surface area contributed by atoms with Crippen LogP contribution in [0.4, 0.5) is 5.69 Å². The van der Waals surface area contributed by atoms with Crippen LogP contribution < -0.4 is 16.0 Å². The minimum absolute atomic E-state index is 0.165. The minimum atomic E-state index is -0.419. The van der Waals surface area contributed by atoms with Crippen LogP contribution in [0.5, 0.6) is 0 Å². The molecular weight excluding hydrogens is 412 g/mol. The van der Waals surface area contributed by atoms with Gasteiger partial charge in [0.25, 0.3) is 23.6 Å². The zero-order valence-electron chi connectivity index (χ0n) is 18.0.